The summed E-state index contributed by atoms with van der Waals surface area (Å²) in [4.78, 5) is 0. The van der Waals surface area contributed by atoms with Crippen molar-refractivity contribution in [1.29, 1.82) is 0 Å². The largest absolute Gasteiger partial charge is 0.393 e. The molecule has 0 saturated heterocycles. The molecule has 0 amide bonds. The third-order valence-electron chi connectivity index (χ3n) is 7.85. The van der Waals surface area contributed by atoms with Gasteiger partial charge in [-0.3, -0.25) is 0 Å². The maximum absolute atomic E-state index is 11.5. The smallest absolute Gasteiger partial charge is 0.0715 e. The SMILES string of the molecule is C=CC1(C)CC(O)C2C(O)(CCC3C(C)(C)CCC(O)C32C)C1. The number of allylic oxidation sites excluding steroid dienone is 1. The number of fused-ring (bicyclic) bond motifs is 3. The van der Waals surface area contributed by atoms with Crippen molar-refractivity contribution in [2.45, 2.75) is 84.0 Å². The van der Waals surface area contributed by atoms with Crippen molar-refractivity contribution in [1.82, 2.24) is 0 Å². The normalized spacial score (nSPS) is 55.6. The van der Waals surface area contributed by atoms with Crippen molar-refractivity contribution in [3.63, 3.8) is 0 Å². The van der Waals surface area contributed by atoms with Gasteiger partial charge in [0.2, 0.25) is 0 Å². The van der Waals surface area contributed by atoms with Gasteiger partial charge in [0.25, 0.3) is 0 Å². The van der Waals surface area contributed by atoms with E-state index in [0.717, 1.165) is 19.3 Å². The van der Waals surface area contributed by atoms with Crippen LogP contribution in [0.5, 0.6) is 0 Å². The molecule has 132 valence electrons. The highest BCUT2D eigenvalue weighted by Crippen LogP contribution is 2.66. The molecule has 3 aliphatic rings. The Hall–Kier alpha value is -0.380. The van der Waals surface area contributed by atoms with Crippen LogP contribution in [0.4, 0.5) is 0 Å². The lowest BCUT2D eigenvalue weighted by Gasteiger charge is -2.66. The third kappa shape index (κ3) is 2.34. The second-order valence-corrected chi connectivity index (χ2v) is 9.89. The summed E-state index contributed by atoms with van der Waals surface area (Å²) in [6.45, 7) is 12.7. The van der Waals surface area contributed by atoms with E-state index in [-0.39, 0.29) is 16.7 Å². The Morgan fingerprint density at radius 3 is 2.30 bits per heavy atom. The van der Waals surface area contributed by atoms with Gasteiger partial charge in [-0.15, -0.1) is 6.58 Å². The number of hydrogen-bond acceptors (Lipinski definition) is 3. The zero-order valence-corrected chi connectivity index (χ0v) is 15.2. The zero-order valence-electron chi connectivity index (χ0n) is 15.2. The second-order valence-electron chi connectivity index (χ2n) is 9.89. The molecule has 3 saturated carbocycles. The molecule has 0 bridgehead atoms. The van der Waals surface area contributed by atoms with Gasteiger partial charge in [-0.25, -0.2) is 0 Å². The van der Waals surface area contributed by atoms with Crippen LogP contribution < -0.4 is 0 Å². The van der Waals surface area contributed by atoms with Crippen molar-refractivity contribution in [3.05, 3.63) is 12.7 Å². The van der Waals surface area contributed by atoms with E-state index in [2.05, 4.69) is 34.3 Å². The molecule has 0 aromatic heterocycles. The summed E-state index contributed by atoms with van der Waals surface area (Å²) in [5, 5.41) is 33.4. The Morgan fingerprint density at radius 2 is 1.70 bits per heavy atom. The van der Waals surface area contributed by atoms with E-state index in [1.807, 2.05) is 6.08 Å². The van der Waals surface area contributed by atoms with E-state index in [0.29, 0.717) is 25.2 Å². The summed E-state index contributed by atoms with van der Waals surface area (Å²) < 4.78 is 0. The van der Waals surface area contributed by atoms with Crippen LogP contribution in [0.3, 0.4) is 0 Å². The van der Waals surface area contributed by atoms with Crippen molar-refractivity contribution in [2.75, 3.05) is 0 Å². The van der Waals surface area contributed by atoms with E-state index in [1.54, 1.807) is 0 Å². The van der Waals surface area contributed by atoms with Gasteiger partial charge in [-0.1, -0.05) is 33.8 Å². The van der Waals surface area contributed by atoms with Gasteiger partial charge in [0, 0.05) is 11.3 Å². The Morgan fingerprint density at radius 1 is 1.04 bits per heavy atom. The molecule has 0 heterocycles. The lowest BCUT2D eigenvalue weighted by Crippen LogP contribution is -2.69. The quantitative estimate of drug-likeness (QED) is 0.649. The summed E-state index contributed by atoms with van der Waals surface area (Å²) in [5.41, 5.74) is -1.41. The molecule has 3 rings (SSSR count). The Kier molecular flexibility index (Phi) is 3.84. The van der Waals surface area contributed by atoms with E-state index < -0.39 is 23.2 Å². The first-order valence-corrected chi connectivity index (χ1v) is 9.21. The van der Waals surface area contributed by atoms with Gasteiger partial charge in [-0.2, -0.15) is 0 Å². The lowest BCUT2D eigenvalue weighted by atomic mass is 9.40. The molecule has 3 heteroatoms. The van der Waals surface area contributed by atoms with Gasteiger partial charge >= 0.3 is 0 Å². The summed E-state index contributed by atoms with van der Waals surface area (Å²) in [6, 6.07) is 0. The standard InChI is InChI=1S/C20H34O3/c1-6-18(4)11-13(21)16-19(5)14(7-10-20(16,23)12-18)17(2,3)9-8-15(19)22/h6,13-16,21-23H,1,7-12H2,2-5H3. The summed E-state index contributed by atoms with van der Waals surface area (Å²) in [6.07, 6.45) is 5.54. The number of aliphatic hydroxyl groups is 3. The first kappa shape index (κ1) is 17.4. The van der Waals surface area contributed by atoms with Gasteiger partial charge in [0.05, 0.1) is 17.8 Å². The molecule has 0 radical (unpaired) electrons. The Balaban J connectivity index is 2.06. The van der Waals surface area contributed by atoms with E-state index >= 15 is 0 Å². The van der Waals surface area contributed by atoms with E-state index in [4.69, 9.17) is 0 Å². The minimum atomic E-state index is -0.903. The van der Waals surface area contributed by atoms with E-state index in [1.165, 1.54) is 0 Å². The van der Waals surface area contributed by atoms with Crippen LogP contribution in [-0.2, 0) is 0 Å². The van der Waals surface area contributed by atoms with Gasteiger partial charge in [0.15, 0.2) is 0 Å². The maximum Gasteiger partial charge on any atom is 0.0715 e. The van der Waals surface area contributed by atoms with Crippen molar-refractivity contribution in [3.8, 4) is 0 Å². The van der Waals surface area contributed by atoms with Crippen LogP contribution in [-0.4, -0.2) is 33.1 Å². The molecule has 0 aromatic rings. The molecule has 3 nitrogen and oxygen atoms in total. The molecule has 3 fully saturated rings. The second kappa shape index (κ2) is 5.06. The highest BCUT2D eigenvalue weighted by molar-refractivity contribution is 5.18. The monoisotopic (exact) mass is 322 g/mol. The highest BCUT2D eigenvalue weighted by atomic mass is 16.3. The van der Waals surface area contributed by atoms with Crippen LogP contribution in [0.2, 0.25) is 0 Å². The molecule has 0 aliphatic heterocycles. The van der Waals surface area contributed by atoms with Gasteiger partial charge in [0.1, 0.15) is 0 Å². The summed E-state index contributed by atoms with van der Waals surface area (Å²) in [7, 11) is 0. The van der Waals surface area contributed by atoms with Crippen molar-refractivity contribution < 1.29 is 15.3 Å². The topological polar surface area (TPSA) is 60.7 Å². The molecule has 0 aromatic carbocycles. The van der Waals surface area contributed by atoms with Crippen LogP contribution in [0, 0.1) is 28.1 Å². The molecule has 7 unspecified atom stereocenters. The predicted molar refractivity (Wildman–Crippen MR) is 91.8 cm³/mol. The Bertz CT molecular complexity index is 501. The first-order valence-electron chi connectivity index (χ1n) is 9.21. The molecular formula is C20H34O3. The minimum absolute atomic E-state index is 0.147. The maximum atomic E-state index is 11.5. The molecule has 0 spiro atoms. The van der Waals surface area contributed by atoms with Gasteiger partial charge < -0.3 is 15.3 Å². The Labute approximate surface area is 140 Å². The average molecular weight is 322 g/mol. The lowest BCUT2D eigenvalue weighted by molar-refractivity contribution is -0.264. The average Bonchev–Trinajstić information content (AvgIpc) is 2.41. The van der Waals surface area contributed by atoms with Crippen LogP contribution in [0.25, 0.3) is 0 Å². The molecular weight excluding hydrogens is 288 g/mol. The van der Waals surface area contributed by atoms with E-state index in [9.17, 15) is 15.3 Å². The predicted octanol–water partition coefficient (Wildman–Crippen LogP) is 3.28. The number of aliphatic hydroxyl groups excluding tert-OH is 2. The molecule has 3 N–H and O–H groups in total. The van der Waals surface area contributed by atoms with Crippen molar-refractivity contribution in [2.24, 2.45) is 28.1 Å². The molecule has 7 atom stereocenters. The van der Waals surface area contributed by atoms with Crippen LogP contribution in [0.1, 0.15) is 66.2 Å². The highest BCUT2D eigenvalue weighted by Gasteiger charge is 2.66. The first-order chi connectivity index (χ1) is 10.5. The van der Waals surface area contributed by atoms with Crippen LogP contribution in [0.15, 0.2) is 12.7 Å². The summed E-state index contributed by atoms with van der Waals surface area (Å²) in [5.74, 6) is 0.0862. The summed E-state index contributed by atoms with van der Waals surface area (Å²) >= 11 is 0. The number of hydrogen-bond donors (Lipinski definition) is 3. The van der Waals surface area contributed by atoms with Gasteiger partial charge in [-0.05, 0) is 55.3 Å². The van der Waals surface area contributed by atoms with Crippen molar-refractivity contribution >= 4 is 0 Å². The minimum Gasteiger partial charge on any atom is -0.393 e. The molecule has 3 aliphatic carbocycles. The fraction of sp³-hybridized carbons (Fsp3) is 0.900. The molecule has 23 heavy (non-hydrogen) atoms. The third-order valence-corrected chi connectivity index (χ3v) is 7.85. The van der Waals surface area contributed by atoms with Crippen LogP contribution >= 0.6 is 0 Å². The zero-order chi connectivity index (χ0) is 17.3. The number of rotatable bonds is 1. The fourth-order valence-corrected chi connectivity index (χ4v) is 6.82. The fourth-order valence-electron chi connectivity index (χ4n) is 6.82.